The number of fused-ring (bicyclic) bond motifs is 1. The normalized spacial score (nSPS) is 17.7. The highest BCUT2D eigenvalue weighted by Gasteiger charge is 2.26. The third-order valence-corrected chi connectivity index (χ3v) is 6.23. The van der Waals surface area contributed by atoms with Gasteiger partial charge in [0.25, 0.3) is 5.91 Å². The lowest BCUT2D eigenvalue weighted by Crippen LogP contribution is -2.49. The first-order valence-corrected chi connectivity index (χ1v) is 10.9. The van der Waals surface area contributed by atoms with E-state index in [0.29, 0.717) is 31.8 Å². The van der Waals surface area contributed by atoms with Crippen LogP contribution in [0.4, 0.5) is 11.6 Å². The molecule has 1 amide bonds. The molecule has 3 aromatic rings. The third-order valence-electron chi connectivity index (χ3n) is 6.23. The second-order valence-electron chi connectivity index (χ2n) is 8.30. The van der Waals surface area contributed by atoms with Crippen molar-refractivity contribution in [2.24, 2.45) is 0 Å². The zero-order valence-electron chi connectivity index (χ0n) is 18.1. The summed E-state index contributed by atoms with van der Waals surface area (Å²) in [7, 11) is 2.13. The Bertz CT molecular complexity index is 1160. The zero-order valence-corrected chi connectivity index (χ0v) is 18.1. The number of rotatable bonds is 3. The van der Waals surface area contributed by atoms with E-state index in [1.165, 1.54) is 0 Å². The van der Waals surface area contributed by atoms with E-state index in [0.717, 1.165) is 43.2 Å². The maximum absolute atomic E-state index is 13.0. The molecule has 9 heteroatoms. The van der Waals surface area contributed by atoms with E-state index in [2.05, 4.69) is 31.9 Å². The smallest absolute Gasteiger partial charge is 0.349 e. The summed E-state index contributed by atoms with van der Waals surface area (Å²) in [5.74, 6) is 1.42. The molecule has 1 aromatic carbocycles. The fourth-order valence-corrected chi connectivity index (χ4v) is 4.21. The van der Waals surface area contributed by atoms with Crippen LogP contribution in [-0.4, -0.2) is 85.3 Å². The Morgan fingerprint density at radius 1 is 0.844 bits per heavy atom. The number of carbonyl (C=O) groups excluding carboxylic acids is 1. The largest absolute Gasteiger partial charge is 0.422 e. The molecular formula is C23H26N6O3. The SMILES string of the molecule is CN1CCN(c2ccc(N3CCN(C(=O)c4cc5ccccc5oc4=O)CC3)nn2)CC1. The van der Waals surface area contributed by atoms with Crippen LogP contribution in [0.15, 0.2) is 51.7 Å². The summed E-state index contributed by atoms with van der Waals surface area (Å²) in [4.78, 5) is 33.7. The summed E-state index contributed by atoms with van der Waals surface area (Å²) in [5.41, 5.74) is -0.0348. The number of hydrogen-bond acceptors (Lipinski definition) is 8. The lowest BCUT2D eigenvalue weighted by atomic mass is 10.1. The summed E-state index contributed by atoms with van der Waals surface area (Å²) in [5, 5.41) is 9.59. The molecule has 0 unspecified atom stereocenters. The van der Waals surface area contributed by atoms with Crippen molar-refractivity contribution in [2.75, 3.05) is 69.2 Å². The highest BCUT2D eigenvalue weighted by atomic mass is 16.4. The molecule has 5 rings (SSSR count). The average molecular weight is 435 g/mol. The van der Waals surface area contributed by atoms with Gasteiger partial charge in [-0.15, -0.1) is 10.2 Å². The minimum Gasteiger partial charge on any atom is -0.422 e. The summed E-state index contributed by atoms with van der Waals surface area (Å²) < 4.78 is 5.32. The van der Waals surface area contributed by atoms with Gasteiger partial charge in [0.1, 0.15) is 11.1 Å². The quantitative estimate of drug-likeness (QED) is 0.570. The number of nitrogens with zero attached hydrogens (tertiary/aromatic N) is 6. The van der Waals surface area contributed by atoms with Crippen LogP contribution in [0.1, 0.15) is 10.4 Å². The van der Waals surface area contributed by atoms with Crippen LogP contribution in [0.3, 0.4) is 0 Å². The van der Waals surface area contributed by atoms with Gasteiger partial charge in [0.05, 0.1) is 0 Å². The van der Waals surface area contributed by atoms with Gasteiger partial charge >= 0.3 is 5.63 Å². The molecule has 2 saturated heterocycles. The molecule has 9 nitrogen and oxygen atoms in total. The van der Waals surface area contributed by atoms with Crippen molar-refractivity contribution < 1.29 is 9.21 Å². The van der Waals surface area contributed by atoms with Crippen LogP contribution in [0, 0.1) is 0 Å². The van der Waals surface area contributed by atoms with Crippen LogP contribution < -0.4 is 15.4 Å². The van der Waals surface area contributed by atoms with E-state index in [-0.39, 0.29) is 11.5 Å². The van der Waals surface area contributed by atoms with Gasteiger partial charge in [-0.05, 0) is 31.3 Å². The van der Waals surface area contributed by atoms with Crippen LogP contribution in [0.25, 0.3) is 11.0 Å². The molecule has 166 valence electrons. The van der Waals surface area contributed by atoms with Crippen molar-refractivity contribution in [2.45, 2.75) is 0 Å². The molecule has 0 radical (unpaired) electrons. The topological polar surface area (TPSA) is 86.0 Å². The van der Waals surface area contributed by atoms with Gasteiger partial charge in [0, 0.05) is 57.7 Å². The number of likely N-dealkylation sites (N-methyl/N-ethyl adjacent to an activating group) is 1. The van der Waals surface area contributed by atoms with Gasteiger partial charge in [-0.2, -0.15) is 0 Å². The van der Waals surface area contributed by atoms with E-state index in [1.807, 2.05) is 24.3 Å². The predicted molar refractivity (Wildman–Crippen MR) is 122 cm³/mol. The Morgan fingerprint density at radius 3 is 2.06 bits per heavy atom. The molecule has 0 spiro atoms. The molecule has 4 heterocycles. The van der Waals surface area contributed by atoms with Gasteiger partial charge < -0.3 is 24.0 Å². The average Bonchev–Trinajstić information content (AvgIpc) is 2.84. The van der Waals surface area contributed by atoms with E-state index in [1.54, 1.807) is 23.1 Å². The van der Waals surface area contributed by atoms with Crippen molar-refractivity contribution >= 4 is 28.5 Å². The monoisotopic (exact) mass is 434 g/mol. The van der Waals surface area contributed by atoms with Crippen molar-refractivity contribution in [3.63, 3.8) is 0 Å². The van der Waals surface area contributed by atoms with Crippen molar-refractivity contribution in [1.82, 2.24) is 20.0 Å². The molecular weight excluding hydrogens is 408 g/mol. The number of benzene rings is 1. The van der Waals surface area contributed by atoms with Crippen LogP contribution in [-0.2, 0) is 0 Å². The van der Waals surface area contributed by atoms with Crippen molar-refractivity contribution in [1.29, 1.82) is 0 Å². The highest BCUT2D eigenvalue weighted by Crippen LogP contribution is 2.19. The van der Waals surface area contributed by atoms with Crippen LogP contribution in [0.2, 0.25) is 0 Å². The van der Waals surface area contributed by atoms with Crippen molar-refractivity contribution in [3.8, 4) is 0 Å². The first-order chi connectivity index (χ1) is 15.6. The van der Waals surface area contributed by atoms with E-state index in [9.17, 15) is 9.59 Å². The molecule has 2 aliphatic rings. The summed E-state index contributed by atoms with van der Waals surface area (Å²) in [6.45, 7) is 6.23. The molecule has 0 N–H and O–H groups in total. The fraction of sp³-hybridized carbons (Fsp3) is 0.391. The number of para-hydroxylation sites is 1. The number of amides is 1. The molecule has 2 aliphatic heterocycles. The van der Waals surface area contributed by atoms with Gasteiger partial charge in [0.15, 0.2) is 11.6 Å². The Kier molecular flexibility index (Phi) is 5.48. The number of anilines is 2. The first-order valence-electron chi connectivity index (χ1n) is 10.9. The lowest BCUT2D eigenvalue weighted by Gasteiger charge is -2.35. The summed E-state index contributed by atoms with van der Waals surface area (Å²) in [6, 6.07) is 12.8. The number of hydrogen-bond donors (Lipinski definition) is 0. The predicted octanol–water partition coefficient (Wildman–Crippen LogP) is 1.30. The van der Waals surface area contributed by atoms with E-state index < -0.39 is 5.63 Å². The Hall–Kier alpha value is -3.46. The summed E-state index contributed by atoms with van der Waals surface area (Å²) >= 11 is 0. The standard InChI is InChI=1S/C23H26N6O3/c1-26-8-10-27(11-9-26)20-6-7-21(25-24-20)28-12-14-29(15-13-28)22(30)18-16-17-4-2-3-5-19(17)32-23(18)31/h2-7,16H,8-15H2,1H3. The molecule has 2 fully saturated rings. The zero-order chi connectivity index (χ0) is 22.1. The molecule has 32 heavy (non-hydrogen) atoms. The Labute approximate surface area is 185 Å². The van der Waals surface area contributed by atoms with E-state index >= 15 is 0 Å². The first kappa shape index (κ1) is 20.4. The number of aromatic nitrogens is 2. The van der Waals surface area contributed by atoms with E-state index in [4.69, 9.17) is 4.42 Å². The maximum Gasteiger partial charge on any atom is 0.349 e. The number of carbonyl (C=O) groups is 1. The lowest BCUT2D eigenvalue weighted by molar-refractivity contribution is 0.0742. The Balaban J connectivity index is 1.23. The third kappa shape index (κ3) is 4.03. The van der Waals surface area contributed by atoms with Crippen LogP contribution >= 0.6 is 0 Å². The second-order valence-corrected chi connectivity index (χ2v) is 8.30. The minimum absolute atomic E-state index is 0.0773. The highest BCUT2D eigenvalue weighted by molar-refractivity contribution is 5.96. The molecule has 0 aliphatic carbocycles. The molecule has 2 aromatic heterocycles. The molecule has 0 atom stereocenters. The van der Waals surface area contributed by atoms with Crippen molar-refractivity contribution in [3.05, 3.63) is 58.4 Å². The summed E-state index contributed by atoms with van der Waals surface area (Å²) in [6.07, 6.45) is 0. The van der Waals surface area contributed by atoms with Gasteiger partial charge in [0.2, 0.25) is 0 Å². The van der Waals surface area contributed by atoms with Crippen LogP contribution in [0.5, 0.6) is 0 Å². The number of piperazine rings is 2. The van der Waals surface area contributed by atoms with Gasteiger partial charge in [-0.1, -0.05) is 18.2 Å². The molecule has 0 saturated carbocycles. The Morgan fingerprint density at radius 2 is 1.44 bits per heavy atom. The minimum atomic E-state index is -0.596. The second kappa shape index (κ2) is 8.58. The maximum atomic E-state index is 13.0. The molecule has 0 bridgehead atoms. The van der Waals surface area contributed by atoms with Gasteiger partial charge in [-0.25, -0.2) is 4.79 Å². The fourth-order valence-electron chi connectivity index (χ4n) is 4.21. The van der Waals surface area contributed by atoms with Gasteiger partial charge in [-0.3, -0.25) is 4.79 Å².